The fourth-order valence-electron chi connectivity index (χ4n) is 1.60. The minimum absolute atomic E-state index is 0.159. The largest absolute Gasteiger partial charge is 0.392 e. The van der Waals surface area contributed by atoms with Gasteiger partial charge < -0.3 is 10.0 Å². The Morgan fingerprint density at radius 2 is 2.20 bits per heavy atom. The molecule has 15 heavy (non-hydrogen) atoms. The normalized spacial score (nSPS) is 10.1. The molecule has 0 radical (unpaired) electrons. The summed E-state index contributed by atoms with van der Waals surface area (Å²) in [5.74, 6) is -0.315. The molecular formula is C12H16FNO. The van der Waals surface area contributed by atoms with Crippen molar-refractivity contribution in [3.63, 3.8) is 0 Å². The van der Waals surface area contributed by atoms with E-state index in [1.807, 2.05) is 6.92 Å². The number of likely N-dealkylation sites (N-methyl/N-ethyl adjacent to an activating group) is 1. The number of hydrogen-bond donors (Lipinski definition) is 1. The van der Waals surface area contributed by atoms with Crippen LogP contribution in [0.1, 0.15) is 12.5 Å². The second kappa shape index (κ2) is 4.94. The molecule has 0 aromatic heterocycles. The lowest BCUT2D eigenvalue weighted by Crippen LogP contribution is -2.21. The van der Waals surface area contributed by atoms with Crippen LogP contribution in [0, 0.1) is 5.82 Å². The molecule has 0 saturated heterocycles. The van der Waals surface area contributed by atoms with Crippen molar-refractivity contribution in [1.29, 1.82) is 0 Å². The number of aliphatic hydroxyl groups is 1. The van der Waals surface area contributed by atoms with Crippen LogP contribution in [0.2, 0.25) is 0 Å². The van der Waals surface area contributed by atoms with Crippen LogP contribution in [-0.4, -0.2) is 18.7 Å². The van der Waals surface area contributed by atoms with Gasteiger partial charge in [0, 0.05) is 19.2 Å². The zero-order chi connectivity index (χ0) is 11.4. The zero-order valence-corrected chi connectivity index (χ0v) is 9.13. The van der Waals surface area contributed by atoms with Crippen molar-refractivity contribution < 1.29 is 9.50 Å². The lowest BCUT2D eigenvalue weighted by molar-refractivity contribution is 0.281. The highest BCUT2D eigenvalue weighted by Gasteiger charge is 2.11. The van der Waals surface area contributed by atoms with Gasteiger partial charge in [-0.25, -0.2) is 4.39 Å². The van der Waals surface area contributed by atoms with Gasteiger partial charge in [0.15, 0.2) is 0 Å². The molecule has 0 atom stereocenters. The molecule has 2 nitrogen and oxygen atoms in total. The Bertz CT molecular complexity index is 363. The van der Waals surface area contributed by atoms with E-state index in [4.69, 9.17) is 5.11 Å². The summed E-state index contributed by atoms with van der Waals surface area (Å²) >= 11 is 0. The van der Waals surface area contributed by atoms with E-state index in [0.29, 0.717) is 17.8 Å². The first-order chi connectivity index (χ1) is 7.06. The van der Waals surface area contributed by atoms with E-state index in [0.717, 1.165) is 5.57 Å². The molecule has 0 amide bonds. The molecule has 0 aliphatic heterocycles. The summed E-state index contributed by atoms with van der Waals surface area (Å²) in [7, 11) is 1.78. The van der Waals surface area contributed by atoms with Crippen LogP contribution in [-0.2, 0) is 6.61 Å². The van der Waals surface area contributed by atoms with E-state index in [2.05, 4.69) is 6.58 Å². The molecule has 82 valence electrons. The quantitative estimate of drug-likeness (QED) is 0.769. The fraction of sp³-hybridized carbons (Fsp3) is 0.333. The number of para-hydroxylation sites is 1. The van der Waals surface area contributed by atoms with Crippen molar-refractivity contribution in [3.8, 4) is 0 Å². The maximum absolute atomic E-state index is 13.6. The summed E-state index contributed by atoms with van der Waals surface area (Å²) in [6.45, 7) is 6.08. The molecule has 0 fully saturated rings. The average molecular weight is 209 g/mol. The molecule has 1 N–H and O–H groups in total. The van der Waals surface area contributed by atoms with E-state index in [1.54, 1.807) is 24.1 Å². The summed E-state index contributed by atoms with van der Waals surface area (Å²) < 4.78 is 13.6. The monoisotopic (exact) mass is 209 g/mol. The van der Waals surface area contributed by atoms with Gasteiger partial charge in [-0.3, -0.25) is 0 Å². The Kier molecular flexibility index (Phi) is 3.86. The molecule has 0 heterocycles. The van der Waals surface area contributed by atoms with E-state index in [1.165, 1.54) is 6.07 Å². The number of nitrogens with zero attached hydrogens (tertiary/aromatic N) is 1. The molecule has 0 bridgehead atoms. The predicted molar refractivity (Wildman–Crippen MR) is 60.4 cm³/mol. The van der Waals surface area contributed by atoms with Gasteiger partial charge in [-0.1, -0.05) is 24.3 Å². The minimum atomic E-state index is -0.315. The van der Waals surface area contributed by atoms with Crippen LogP contribution in [0.15, 0.2) is 30.4 Å². The van der Waals surface area contributed by atoms with Crippen LogP contribution < -0.4 is 4.90 Å². The topological polar surface area (TPSA) is 23.5 Å². The minimum Gasteiger partial charge on any atom is -0.392 e. The summed E-state index contributed by atoms with van der Waals surface area (Å²) in [6, 6.07) is 4.70. The number of halogens is 1. The van der Waals surface area contributed by atoms with Crippen molar-refractivity contribution in [2.24, 2.45) is 0 Å². The van der Waals surface area contributed by atoms with Crippen LogP contribution in [0.25, 0.3) is 0 Å². The molecule has 0 spiro atoms. The Morgan fingerprint density at radius 1 is 1.53 bits per heavy atom. The Morgan fingerprint density at radius 3 is 2.73 bits per heavy atom. The molecule has 0 saturated carbocycles. The molecule has 1 aromatic carbocycles. The maximum atomic E-state index is 13.6. The molecule has 1 rings (SSSR count). The van der Waals surface area contributed by atoms with Gasteiger partial charge in [0.25, 0.3) is 0 Å². The second-order valence-corrected chi connectivity index (χ2v) is 3.72. The smallest absolute Gasteiger partial charge is 0.146 e. The van der Waals surface area contributed by atoms with Crippen LogP contribution in [0.3, 0.4) is 0 Å². The fourth-order valence-corrected chi connectivity index (χ4v) is 1.60. The highest BCUT2D eigenvalue weighted by molar-refractivity contribution is 5.54. The first kappa shape index (κ1) is 11.7. The molecule has 0 unspecified atom stereocenters. The third-order valence-corrected chi connectivity index (χ3v) is 2.13. The molecule has 1 aromatic rings. The SMILES string of the molecule is C=C(C)CN(C)c1c(F)cccc1CO. The number of anilines is 1. The van der Waals surface area contributed by atoms with Crippen molar-refractivity contribution >= 4 is 5.69 Å². The van der Waals surface area contributed by atoms with E-state index in [9.17, 15) is 4.39 Å². The number of hydrogen-bond acceptors (Lipinski definition) is 2. The van der Waals surface area contributed by atoms with Crippen molar-refractivity contribution in [3.05, 3.63) is 41.7 Å². The lowest BCUT2D eigenvalue weighted by Gasteiger charge is -2.22. The summed E-state index contributed by atoms with van der Waals surface area (Å²) in [5.41, 5.74) is 1.99. The van der Waals surface area contributed by atoms with Gasteiger partial charge in [0.1, 0.15) is 5.82 Å². The van der Waals surface area contributed by atoms with Gasteiger partial charge >= 0.3 is 0 Å². The highest BCUT2D eigenvalue weighted by Crippen LogP contribution is 2.23. The van der Waals surface area contributed by atoms with E-state index >= 15 is 0 Å². The van der Waals surface area contributed by atoms with Crippen molar-refractivity contribution in [2.75, 3.05) is 18.5 Å². The van der Waals surface area contributed by atoms with Gasteiger partial charge in [-0.05, 0) is 13.0 Å². The van der Waals surface area contributed by atoms with E-state index < -0.39 is 0 Å². The van der Waals surface area contributed by atoms with Gasteiger partial charge in [0.2, 0.25) is 0 Å². The lowest BCUT2D eigenvalue weighted by atomic mass is 10.1. The summed E-state index contributed by atoms with van der Waals surface area (Å²) in [5, 5.41) is 9.11. The number of benzene rings is 1. The highest BCUT2D eigenvalue weighted by atomic mass is 19.1. The number of rotatable bonds is 4. The third kappa shape index (κ3) is 2.80. The van der Waals surface area contributed by atoms with Gasteiger partial charge in [0.05, 0.1) is 12.3 Å². The maximum Gasteiger partial charge on any atom is 0.146 e. The summed E-state index contributed by atoms with van der Waals surface area (Å²) in [4.78, 5) is 1.75. The zero-order valence-electron chi connectivity index (χ0n) is 9.13. The van der Waals surface area contributed by atoms with Crippen LogP contribution in [0.4, 0.5) is 10.1 Å². The second-order valence-electron chi connectivity index (χ2n) is 3.72. The summed E-state index contributed by atoms with van der Waals surface area (Å²) in [6.07, 6.45) is 0. The average Bonchev–Trinajstić information content (AvgIpc) is 2.15. The third-order valence-electron chi connectivity index (χ3n) is 2.13. The first-order valence-electron chi connectivity index (χ1n) is 4.80. The van der Waals surface area contributed by atoms with Crippen LogP contribution >= 0.6 is 0 Å². The first-order valence-corrected chi connectivity index (χ1v) is 4.80. The molecule has 3 heteroatoms. The van der Waals surface area contributed by atoms with Crippen molar-refractivity contribution in [1.82, 2.24) is 0 Å². The van der Waals surface area contributed by atoms with Gasteiger partial charge in [-0.2, -0.15) is 0 Å². The Hall–Kier alpha value is -1.35. The Balaban J connectivity index is 3.05. The number of aliphatic hydroxyl groups excluding tert-OH is 1. The van der Waals surface area contributed by atoms with Gasteiger partial charge in [-0.15, -0.1) is 0 Å². The predicted octanol–water partition coefficient (Wildman–Crippen LogP) is 2.33. The van der Waals surface area contributed by atoms with Crippen molar-refractivity contribution in [2.45, 2.75) is 13.5 Å². The molecule has 0 aliphatic carbocycles. The Labute approximate surface area is 89.7 Å². The van der Waals surface area contributed by atoms with Crippen LogP contribution in [0.5, 0.6) is 0 Å². The molecule has 0 aliphatic rings. The standard InChI is InChI=1S/C12H16FNO/c1-9(2)7-14(3)12-10(8-15)5-4-6-11(12)13/h4-6,15H,1,7-8H2,2-3H3. The van der Waals surface area contributed by atoms with E-state index in [-0.39, 0.29) is 12.4 Å². The molecular weight excluding hydrogens is 193 g/mol.